The molecule has 26 heavy (non-hydrogen) atoms. The summed E-state index contributed by atoms with van der Waals surface area (Å²) in [5, 5.41) is 0. The molecule has 0 unspecified atom stereocenters. The molecule has 3 rings (SSSR count). The van der Waals surface area contributed by atoms with Gasteiger partial charge in [-0.05, 0) is 56.8 Å². The molecule has 2 fully saturated rings. The number of hydrogen-bond acceptors (Lipinski definition) is 5. The number of carbonyl (C=O) groups excluding carboxylic acids is 2. The van der Waals surface area contributed by atoms with Crippen LogP contribution in [0.1, 0.15) is 33.1 Å². The molecule has 2 aliphatic rings. The maximum Gasteiger partial charge on any atom is 0.417 e. The number of carbonyl (C=O) groups is 2. The van der Waals surface area contributed by atoms with E-state index in [0.717, 1.165) is 36.7 Å². The standard InChI is InChI=1S/C19H25FN2O3S/c1-14(2)22-17(23)19(25-18(22)24)8-11-21(12-9-19)10-3-13-26-16-6-4-15(20)5-7-16/h4-7,14H,3,8-13H2,1-2H3. The van der Waals surface area contributed by atoms with Crippen LogP contribution in [0.5, 0.6) is 0 Å². The first-order chi connectivity index (χ1) is 12.4. The molecule has 0 bridgehead atoms. The Morgan fingerprint density at radius 1 is 1.19 bits per heavy atom. The van der Waals surface area contributed by atoms with Crippen molar-refractivity contribution in [1.82, 2.24) is 9.80 Å². The summed E-state index contributed by atoms with van der Waals surface area (Å²) in [7, 11) is 0. The molecule has 0 radical (unpaired) electrons. The lowest BCUT2D eigenvalue weighted by Crippen LogP contribution is -2.51. The van der Waals surface area contributed by atoms with Crippen LogP contribution in [-0.2, 0) is 9.53 Å². The van der Waals surface area contributed by atoms with E-state index in [-0.39, 0.29) is 17.8 Å². The number of imide groups is 1. The maximum absolute atomic E-state index is 12.9. The minimum absolute atomic E-state index is 0.170. The minimum atomic E-state index is -0.944. The van der Waals surface area contributed by atoms with Crippen molar-refractivity contribution in [3.63, 3.8) is 0 Å². The number of halogens is 1. The first kappa shape index (κ1) is 19.2. The highest BCUT2D eigenvalue weighted by Gasteiger charge is 2.55. The van der Waals surface area contributed by atoms with Crippen LogP contribution in [-0.4, -0.2) is 58.8 Å². The number of piperidine rings is 1. The predicted molar refractivity (Wildman–Crippen MR) is 98.6 cm³/mol. The van der Waals surface area contributed by atoms with Gasteiger partial charge in [-0.15, -0.1) is 11.8 Å². The summed E-state index contributed by atoms with van der Waals surface area (Å²) in [6, 6.07) is 6.38. The number of amides is 2. The van der Waals surface area contributed by atoms with Crippen molar-refractivity contribution >= 4 is 23.8 Å². The van der Waals surface area contributed by atoms with Crippen LogP contribution < -0.4 is 0 Å². The zero-order valence-corrected chi connectivity index (χ0v) is 16.1. The summed E-state index contributed by atoms with van der Waals surface area (Å²) in [5.74, 6) is 0.571. The lowest BCUT2D eigenvalue weighted by atomic mass is 9.90. The molecule has 5 nitrogen and oxygen atoms in total. The predicted octanol–water partition coefficient (Wildman–Crippen LogP) is 3.53. The molecule has 0 atom stereocenters. The number of ether oxygens (including phenoxy) is 1. The van der Waals surface area contributed by atoms with Crippen LogP contribution in [0.25, 0.3) is 0 Å². The summed E-state index contributed by atoms with van der Waals surface area (Å²) in [6.45, 7) is 6.11. The third-order valence-corrected chi connectivity index (χ3v) is 6.07. The number of likely N-dealkylation sites (tertiary alicyclic amines) is 1. The molecule has 142 valence electrons. The van der Waals surface area contributed by atoms with E-state index in [1.807, 2.05) is 13.8 Å². The van der Waals surface area contributed by atoms with Gasteiger partial charge in [0.1, 0.15) is 5.82 Å². The van der Waals surface area contributed by atoms with Crippen LogP contribution in [0.4, 0.5) is 9.18 Å². The normalized spacial score (nSPS) is 20.2. The summed E-state index contributed by atoms with van der Waals surface area (Å²) in [6.07, 6.45) is 1.63. The lowest BCUT2D eigenvalue weighted by molar-refractivity contribution is -0.141. The van der Waals surface area contributed by atoms with Crippen molar-refractivity contribution in [2.75, 3.05) is 25.4 Å². The highest BCUT2D eigenvalue weighted by molar-refractivity contribution is 7.99. The van der Waals surface area contributed by atoms with Crippen molar-refractivity contribution in [2.45, 2.75) is 49.6 Å². The number of thioether (sulfide) groups is 1. The van der Waals surface area contributed by atoms with E-state index >= 15 is 0 Å². The van der Waals surface area contributed by atoms with Gasteiger partial charge in [-0.1, -0.05) is 0 Å². The van der Waals surface area contributed by atoms with E-state index in [2.05, 4.69) is 4.90 Å². The zero-order chi connectivity index (χ0) is 18.7. The molecule has 0 N–H and O–H groups in total. The van der Waals surface area contributed by atoms with Crippen molar-refractivity contribution in [1.29, 1.82) is 0 Å². The van der Waals surface area contributed by atoms with Crippen LogP contribution in [0.2, 0.25) is 0 Å². The second-order valence-electron chi connectivity index (χ2n) is 7.13. The first-order valence-corrected chi connectivity index (χ1v) is 10.1. The van der Waals surface area contributed by atoms with E-state index in [1.54, 1.807) is 23.9 Å². The lowest BCUT2D eigenvalue weighted by Gasteiger charge is -2.36. The van der Waals surface area contributed by atoms with E-state index in [0.29, 0.717) is 12.8 Å². The summed E-state index contributed by atoms with van der Waals surface area (Å²) in [4.78, 5) is 29.2. The summed E-state index contributed by atoms with van der Waals surface area (Å²) >= 11 is 1.72. The van der Waals surface area contributed by atoms with Crippen LogP contribution in [0.3, 0.4) is 0 Å². The number of hydrogen-bond donors (Lipinski definition) is 0. The fraction of sp³-hybridized carbons (Fsp3) is 0.579. The Morgan fingerprint density at radius 3 is 2.42 bits per heavy atom. The number of nitrogens with zero attached hydrogens (tertiary/aromatic N) is 2. The molecule has 2 heterocycles. The van der Waals surface area contributed by atoms with Crippen molar-refractivity contribution in [2.24, 2.45) is 0 Å². The molecule has 1 aromatic carbocycles. The van der Waals surface area contributed by atoms with Crippen LogP contribution in [0, 0.1) is 5.82 Å². The third-order valence-electron chi connectivity index (χ3n) is 4.97. The molecular formula is C19H25FN2O3S. The van der Waals surface area contributed by atoms with E-state index in [4.69, 9.17) is 4.74 Å². The molecular weight excluding hydrogens is 355 g/mol. The third kappa shape index (κ3) is 4.04. The Hall–Kier alpha value is -1.60. The van der Waals surface area contributed by atoms with Gasteiger partial charge in [-0.25, -0.2) is 14.1 Å². The molecule has 1 aromatic rings. The monoisotopic (exact) mass is 380 g/mol. The first-order valence-electron chi connectivity index (χ1n) is 9.09. The molecule has 7 heteroatoms. The van der Waals surface area contributed by atoms with Crippen LogP contribution >= 0.6 is 11.8 Å². The van der Waals surface area contributed by atoms with Gasteiger partial charge in [-0.2, -0.15) is 0 Å². The molecule has 1 spiro atoms. The van der Waals surface area contributed by atoms with Crippen molar-refractivity contribution in [3.05, 3.63) is 30.1 Å². The molecule has 0 aliphatic carbocycles. The Bertz CT molecular complexity index is 657. The average Bonchev–Trinajstić information content (AvgIpc) is 2.85. The molecule has 2 amide bonds. The van der Waals surface area contributed by atoms with Gasteiger partial charge in [0.25, 0.3) is 5.91 Å². The Kier molecular flexibility index (Phi) is 5.87. The molecule has 0 aromatic heterocycles. The summed E-state index contributed by atoms with van der Waals surface area (Å²) in [5.41, 5.74) is -0.944. The Balaban J connectivity index is 1.42. The minimum Gasteiger partial charge on any atom is -0.432 e. The van der Waals surface area contributed by atoms with Gasteiger partial charge in [0.05, 0.1) is 0 Å². The quantitative estimate of drug-likeness (QED) is 0.558. The van der Waals surface area contributed by atoms with Gasteiger partial charge in [0, 0.05) is 36.9 Å². The van der Waals surface area contributed by atoms with Gasteiger partial charge in [-0.3, -0.25) is 4.79 Å². The van der Waals surface area contributed by atoms with Crippen molar-refractivity contribution < 1.29 is 18.7 Å². The molecule has 2 aliphatic heterocycles. The van der Waals surface area contributed by atoms with E-state index < -0.39 is 11.7 Å². The largest absolute Gasteiger partial charge is 0.432 e. The Labute approximate surface area is 157 Å². The topological polar surface area (TPSA) is 49.9 Å². The fourth-order valence-corrected chi connectivity index (χ4v) is 4.31. The smallest absolute Gasteiger partial charge is 0.417 e. The van der Waals surface area contributed by atoms with Gasteiger partial charge in [0.15, 0.2) is 5.60 Å². The average molecular weight is 380 g/mol. The van der Waals surface area contributed by atoms with E-state index in [9.17, 15) is 14.0 Å². The maximum atomic E-state index is 12.9. The highest BCUT2D eigenvalue weighted by atomic mass is 32.2. The highest BCUT2D eigenvalue weighted by Crippen LogP contribution is 2.35. The van der Waals surface area contributed by atoms with Crippen molar-refractivity contribution in [3.8, 4) is 0 Å². The zero-order valence-electron chi connectivity index (χ0n) is 15.2. The fourth-order valence-electron chi connectivity index (χ4n) is 3.47. The van der Waals surface area contributed by atoms with Gasteiger partial charge in [0.2, 0.25) is 0 Å². The van der Waals surface area contributed by atoms with Gasteiger partial charge < -0.3 is 9.64 Å². The number of benzene rings is 1. The summed E-state index contributed by atoms with van der Waals surface area (Å²) < 4.78 is 18.4. The SMILES string of the molecule is CC(C)N1C(=O)OC2(CCN(CCCSc3ccc(F)cc3)CC2)C1=O. The Morgan fingerprint density at radius 2 is 1.85 bits per heavy atom. The molecule has 0 saturated carbocycles. The van der Waals surface area contributed by atoms with E-state index in [1.165, 1.54) is 17.0 Å². The molecule has 2 saturated heterocycles. The second-order valence-corrected chi connectivity index (χ2v) is 8.30. The number of rotatable bonds is 6. The second kappa shape index (κ2) is 7.96. The van der Waals surface area contributed by atoms with Crippen LogP contribution in [0.15, 0.2) is 29.2 Å². The van der Waals surface area contributed by atoms with Gasteiger partial charge >= 0.3 is 6.09 Å².